The number of carboxylic acids is 1. The van der Waals surface area contributed by atoms with E-state index < -0.39 is 42.4 Å². The van der Waals surface area contributed by atoms with Crippen LogP contribution >= 0.6 is 0 Å². The Morgan fingerprint density at radius 1 is 1.11 bits per heavy atom. The molecule has 12 heteroatoms. The zero-order valence-electron chi connectivity index (χ0n) is 19.6. The van der Waals surface area contributed by atoms with E-state index in [9.17, 15) is 37.7 Å². The maximum absolute atomic E-state index is 14.0. The van der Waals surface area contributed by atoms with Gasteiger partial charge in [-0.25, -0.2) is 9.37 Å². The molecule has 2 aromatic carbocycles. The van der Waals surface area contributed by atoms with Gasteiger partial charge in [0.05, 0.1) is 30.7 Å². The van der Waals surface area contributed by atoms with Crippen molar-refractivity contribution >= 4 is 5.97 Å². The number of aliphatic hydroxyl groups excluding tert-OH is 2. The molecule has 0 bridgehead atoms. The number of aromatic nitrogens is 2. The van der Waals surface area contributed by atoms with Crippen molar-refractivity contribution in [3.05, 3.63) is 60.2 Å². The second-order valence-corrected chi connectivity index (χ2v) is 7.93. The largest absolute Gasteiger partial charge is 1.00 e. The molecule has 3 aromatic rings. The first-order valence-corrected chi connectivity index (χ1v) is 10.6. The zero-order valence-corrected chi connectivity index (χ0v) is 21.6. The third-order valence-electron chi connectivity index (χ3n) is 5.31. The summed E-state index contributed by atoms with van der Waals surface area (Å²) in [5.41, 5.74) is 0.624. The number of carbonyl (C=O) groups is 1. The summed E-state index contributed by atoms with van der Waals surface area (Å²) in [5, 5.41) is 30.5. The van der Waals surface area contributed by atoms with Crippen LogP contribution in [-0.4, -0.2) is 45.1 Å². The molecule has 0 unspecified atom stereocenters. The minimum Gasteiger partial charge on any atom is -0.550 e. The van der Waals surface area contributed by atoms with Gasteiger partial charge < -0.3 is 29.4 Å². The number of hydrogen-bond acceptors (Lipinski definition) is 6. The fourth-order valence-electron chi connectivity index (χ4n) is 3.74. The first kappa shape index (κ1) is 29.8. The standard InChI is InChI=1S/C24H24F4N2O5.Na/c1-35-19-4-2-3-15(11-19)21-22(14-5-7-16(25)8-6-14)30(23(29-21)24(26,27)28)10-9-17(31)12-18(32)13-20(33)34;/h2-8,11,17-18,31-32H,9-10,12-13H2,1H3,(H,33,34);/q;+1/p-1/t17-,18-;/m1./s1. The molecule has 36 heavy (non-hydrogen) atoms. The summed E-state index contributed by atoms with van der Waals surface area (Å²) in [6.45, 7) is -0.363. The molecule has 3 rings (SSSR count). The first-order valence-electron chi connectivity index (χ1n) is 10.6. The Kier molecular flexibility index (Phi) is 10.5. The molecule has 0 saturated carbocycles. The van der Waals surface area contributed by atoms with Crippen LogP contribution < -0.4 is 39.4 Å². The molecule has 7 nitrogen and oxygen atoms in total. The summed E-state index contributed by atoms with van der Waals surface area (Å²) >= 11 is 0. The van der Waals surface area contributed by atoms with E-state index in [1.165, 1.54) is 25.3 Å². The van der Waals surface area contributed by atoms with Gasteiger partial charge in [0.1, 0.15) is 11.6 Å². The minimum absolute atomic E-state index is 0. The van der Waals surface area contributed by atoms with Crippen molar-refractivity contribution in [2.45, 2.75) is 44.2 Å². The van der Waals surface area contributed by atoms with Gasteiger partial charge in [-0.05, 0) is 49.2 Å². The second-order valence-electron chi connectivity index (χ2n) is 7.93. The van der Waals surface area contributed by atoms with E-state index >= 15 is 0 Å². The Labute approximate surface area is 226 Å². The number of alkyl halides is 3. The van der Waals surface area contributed by atoms with Crippen LogP contribution in [0.15, 0.2) is 48.5 Å². The van der Waals surface area contributed by atoms with E-state index in [2.05, 4.69) is 4.98 Å². The van der Waals surface area contributed by atoms with Crippen LogP contribution in [0.2, 0.25) is 0 Å². The van der Waals surface area contributed by atoms with E-state index in [1.807, 2.05) is 0 Å². The average molecular weight is 518 g/mol. The van der Waals surface area contributed by atoms with Gasteiger partial charge in [-0.3, -0.25) is 0 Å². The van der Waals surface area contributed by atoms with Crippen molar-refractivity contribution in [2.24, 2.45) is 0 Å². The first-order chi connectivity index (χ1) is 16.5. The van der Waals surface area contributed by atoms with Gasteiger partial charge in [0.15, 0.2) is 0 Å². The van der Waals surface area contributed by atoms with Gasteiger partial charge >= 0.3 is 35.7 Å². The summed E-state index contributed by atoms with van der Waals surface area (Å²) in [6.07, 6.45) is -8.88. The van der Waals surface area contributed by atoms with Crippen molar-refractivity contribution in [3.8, 4) is 28.3 Å². The van der Waals surface area contributed by atoms with Crippen molar-refractivity contribution in [1.82, 2.24) is 9.55 Å². The number of rotatable bonds is 10. The van der Waals surface area contributed by atoms with E-state index in [-0.39, 0.29) is 65.9 Å². The Morgan fingerprint density at radius 2 is 1.78 bits per heavy atom. The number of aliphatic hydroxyl groups is 2. The zero-order chi connectivity index (χ0) is 25.8. The molecule has 1 aromatic heterocycles. The van der Waals surface area contributed by atoms with Crippen LogP contribution in [0.4, 0.5) is 17.6 Å². The molecule has 0 aliphatic rings. The number of ether oxygens (including phenoxy) is 1. The number of benzene rings is 2. The SMILES string of the molecule is COc1cccc(-c2nc(C(F)(F)F)n(CC[C@@H](O)C[C@@H](O)CC(=O)[O-])c2-c2ccc(F)cc2)c1.[Na+]. The molecule has 0 spiro atoms. The van der Waals surface area contributed by atoms with E-state index in [0.717, 1.165) is 16.7 Å². The summed E-state index contributed by atoms with van der Waals surface area (Å²) in [6, 6.07) is 11.2. The van der Waals surface area contributed by atoms with Crippen molar-refractivity contribution in [1.29, 1.82) is 0 Å². The molecule has 1 heterocycles. The number of halogens is 4. The smallest absolute Gasteiger partial charge is 0.550 e. The Bertz CT molecular complexity index is 1170. The quantitative estimate of drug-likeness (QED) is 0.290. The number of carboxylic acid groups (broad SMARTS) is 1. The molecular formula is C24H23F4N2NaO5. The van der Waals surface area contributed by atoms with Crippen molar-refractivity contribution in [3.63, 3.8) is 0 Å². The van der Waals surface area contributed by atoms with Gasteiger partial charge in [0, 0.05) is 30.1 Å². The monoisotopic (exact) mass is 518 g/mol. The molecule has 0 fully saturated rings. The molecule has 2 N–H and O–H groups in total. The van der Waals surface area contributed by atoms with Crippen molar-refractivity contribution < 1.29 is 72.0 Å². The molecule has 0 radical (unpaired) electrons. The van der Waals surface area contributed by atoms with Gasteiger partial charge in [-0.15, -0.1) is 0 Å². The van der Waals surface area contributed by atoms with E-state index in [0.29, 0.717) is 11.3 Å². The predicted octanol–water partition coefficient (Wildman–Crippen LogP) is 0.0296. The number of methoxy groups -OCH3 is 1. The second kappa shape index (κ2) is 12.7. The van der Waals surface area contributed by atoms with E-state index in [1.54, 1.807) is 18.2 Å². The van der Waals surface area contributed by atoms with Crippen LogP contribution in [0.5, 0.6) is 5.75 Å². The normalized spacial score (nSPS) is 13.1. The molecule has 0 saturated heterocycles. The van der Waals surface area contributed by atoms with Gasteiger partial charge in [0.25, 0.3) is 0 Å². The Hall–Kier alpha value is -2.44. The van der Waals surface area contributed by atoms with Gasteiger partial charge in [-0.1, -0.05) is 12.1 Å². The van der Waals surface area contributed by atoms with Crippen LogP contribution in [0.3, 0.4) is 0 Å². The molecule has 2 atom stereocenters. The number of imidazole rings is 1. The van der Waals surface area contributed by atoms with Crippen LogP contribution in [0, 0.1) is 5.82 Å². The van der Waals surface area contributed by atoms with Crippen LogP contribution in [0.25, 0.3) is 22.5 Å². The number of carbonyl (C=O) groups excluding carboxylic acids is 1. The summed E-state index contributed by atoms with van der Waals surface area (Å²) in [4.78, 5) is 14.5. The van der Waals surface area contributed by atoms with Crippen LogP contribution in [0.1, 0.15) is 25.1 Å². The van der Waals surface area contributed by atoms with Crippen LogP contribution in [-0.2, 0) is 17.5 Å². The number of aliphatic carboxylic acids is 1. The Morgan fingerprint density at radius 3 is 2.36 bits per heavy atom. The molecule has 0 amide bonds. The average Bonchev–Trinajstić information content (AvgIpc) is 3.17. The third kappa shape index (κ3) is 7.53. The molecule has 0 aliphatic heterocycles. The minimum atomic E-state index is -4.86. The van der Waals surface area contributed by atoms with Gasteiger partial charge in [0.2, 0.25) is 5.82 Å². The maximum Gasteiger partial charge on any atom is 1.00 e. The maximum atomic E-state index is 14.0. The topological polar surface area (TPSA) is 108 Å². The molecule has 188 valence electrons. The molecule has 0 aliphatic carbocycles. The van der Waals surface area contributed by atoms with Crippen molar-refractivity contribution in [2.75, 3.05) is 7.11 Å². The molecular weight excluding hydrogens is 495 g/mol. The van der Waals surface area contributed by atoms with E-state index in [4.69, 9.17) is 4.74 Å². The predicted molar refractivity (Wildman–Crippen MR) is 115 cm³/mol. The number of hydrogen-bond donors (Lipinski definition) is 2. The Balaban J connectivity index is 0.00000456. The summed E-state index contributed by atoms with van der Waals surface area (Å²) in [5.74, 6) is -2.92. The third-order valence-corrected chi connectivity index (χ3v) is 5.31. The van der Waals surface area contributed by atoms with Gasteiger partial charge in [-0.2, -0.15) is 13.2 Å². The number of nitrogens with zero attached hydrogens (tertiary/aromatic N) is 2. The summed E-state index contributed by atoms with van der Waals surface area (Å²) < 4.78 is 61.7. The summed E-state index contributed by atoms with van der Waals surface area (Å²) in [7, 11) is 1.41. The fourth-order valence-corrected chi connectivity index (χ4v) is 3.74. The fraction of sp³-hybridized carbons (Fsp3) is 0.333.